The summed E-state index contributed by atoms with van der Waals surface area (Å²) in [6.07, 6.45) is 5.47. The summed E-state index contributed by atoms with van der Waals surface area (Å²) in [5, 5.41) is 3.25. The molecule has 0 unspecified atom stereocenters. The monoisotopic (exact) mass is 191 g/mol. The van der Waals surface area contributed by atoms with Gasteiger partial charge in [-0.05, 0) is 12.1 Å². The van der Waals surface area contributed by atoms with E-state index in [2.05, 4.69) is 10.3 Å². The molecule has 0 aliphatic carbocycles. The Bertz CT molecular complexity index is 378. The Morgan fingerprint density at radius 2 is 2.43 bits per heavy atom. The molecule has 2 heterocycles. The van der Waals surface area contributed by atoms with Crippen LogP contribution in [0.3, 0.4) is 0 Å². The topological polar surface area (TPSA) is 43.0 Å². The summed E-state index contributed by atoms with van der Waals surface area (Å²) in [6.45, 7) is 1.51. The van der Waals surface area contributed by atoms with E-state index in [4.69, 9.17) is 4.42 Å². The summed E-state index contributed by atoms with van der Waals surface area (Å²) in [5.41, 5.74) is 1.04. The number of aromatic nitrogens is 2. The third-order valence-electron chi connectivity index (χ3n) is 1.94. The van der Waals surface area contributed by atoms with Gasteiger partial charge in [0.1, 0.15) is 5.76 Å². The van der Waals surface area contributed by atoms with E-state index in [1.54, 1.807) is 12.6 Å². The van der Waals surface area contributed by atoms with Gasteiger partial charge in [-0.3, -0.25) is 0 Å². The second-order valence-corrected chi connectivity index (χ2v) is 3.21. The number of imidazole rings is 1. The van der Waals surface area contributed by atoms with Crippen molar-refractivity contribution in [1.29, 1.82) is 0 Å². The lowest BCUT2D eigenvalue weighted by Gasteiger charge is -1.98. The summed E-state index contributed by atoms with van der Waals surface area (Å²) < 4.78 is 7.12. The lowest BCUT2D eigenvalue weighted by molar-refractivity contribution is 0.482. The Hall–Kier alpha value is -1.55. The van der Waals surface area contributed by atoms with Crippen molar-refractivity contribution in [3.63, 3.8) is 0 Å². The molecule has 4 nitrogen and oxygen atoms in total. The van der Waals surface area contributed by atoms with Crippen molar-refractivity contribution in [1.82, 2.24) is 14.9 Å². The van der Waals surface area contributed by atoms with Gasteiger partial charge >= 0.3 is 0 Å². The Kier molecular flexibility index (Phi) is 2.65. The first-order valence-corrected chi connectivity index (χ1v) is 4.54. The highest BCUT2D eigenvalue weighted by Gasteiger charge is 1.97. The maximum absolute atomic E-state index is 5.19. The third-order valence-corrected chi connectivity index (χ3v) is 1.94. The number of aryl methyl sites for hydroxylation is 1. The molecule has 1 N–H and O–H groups in total. The molecule has 0 saturated carbocycles. The number of furan rings is 1. The second-order valence-electron chi connectivity index (χ2n) is 3.21. The van der Waals surface area contributed by atoms with E-state index in [9.17, 15) is 0 Å². The van der Waals surface area contributed by atoms with E-state index < -0.39 is 0 Å². The van der Waals surface area contributed by atoms with Crippen LogP contribution in [0, 0.1) is 0 Å². The number of rotatable bonds is 4. The maximum Gasteiger partial charge on any atom is 0.117 e. The molecule has 2 aromatic heterocycles. The summed E-state index contributed by atoms with van der Waals surface area (Å²) >= 11 is 0. The van der Waals surface area contributed by atoms with Crippen LogP contribution in [-0.2, 0) is 20.1 Å². The third kappa shape index (κ3) is 2.23. The predicted octanol–water partition coefficient (Wildman–Crippen LogP) is 1.30. The second kappa shape index (κ2) is 4.11. The van der Waals surface area contributed by atoms with Crippen molar-refractivity contribution in [2.75, 3.05) is 0 Å². The molecule has 2 rings (SSSR count). The zero-order valence-electron chi connectivity index (χ0n) is 8.10. The molecule has 0 fully saturated rings. The van der Waals surface area contributed by atoms with E-state index in [1.165, 1.54) is 0 Å². The van der Waals surface area contributed by atoms with E-state index in [0.29, 0.717) is 0 Å². The largest absolute Gasteiger partial charge is 0.468 e. The Balaban J connectivity index is 1.78. The number of nitrogens with one attached hydrogen (secondary N) is 1. The summed E-state index contributed by atoms with van der Waals surface area (Å²) in [5.74, 6) is 0.945. The van der Waals surface area contributed by atoms with Gasteiger partial charge in [0.25, 0.3) is 0 Å². The first-order chi connectivity index (χ1) is 6.84. The zero-order valence-corrected chi connectivity index (χ0v) is 8.10. The summed E-state index contributed by atoms with van der Waals surface area (Å²) in [7, 11) is 1.96. The van der Waals surface area contributed by atoms with Crippen LogP contribution in [0.4, 0.5) is 0 Å². The molecule has 0 aliphatic heterocycles. The van der Waals surface area contributed by atoms with Crippen molar-refractivity contribution in [3.8, 4) is 0 Å². The molecular weight excluding hydrogens is 178 g/mol. The van der Waals surface area contributed by atoms with Gasteiger partial charge < -0.3 is 14.3 Å². The number of hydrogen-bond donors (Lipinski definition) is 1. The number of hydrogen-bond acceptors (Lipinski definition) is 3. The SMILES string of the molecule is Cn1cnc(CNCc2ccco2)c1. The van der Waals surface area contributed by atoms with Crippen LogP contribution in [0.25, 0.3) is 0 Å². The Morgan fingerprint density at radius 3 is 3.07 bits per heavy atom. The van der Waals surface area contributed by atoms with Crippen LogP contribution < -0.4 is 5.32 Å². The van der Waals surface area contributed by atoms with Crippen molar-refractivity contribution in [2.24, 2.45) is 7.05 Å². The van der Waals surface area contributed by atoms with Gasteiger partial charge in [-0.25, -0.2) is 4.98 Å². The highest BCUT2D eigenvalue weighted by Crippen LogP contribution is 1.99. The molecule has 4 heteroatoms. The van der Waals surface area contributed by atoms with Crippen LogP contribution in [0.5, 0.6) is 0 Å². The Labute approximate surface area is 82.6 Å². The minimum atomic E-state index is 0.740. The molecule has 74 valence electrons. The highest BCUT2D eigenvalue weighted by atomic mass is 16.3. The van der Waals surface area contributed by atoms with E-state index in [-0.39, 0.29) is 0 Å². The molecule has 14 heavy (non-hydrogen) atoms. The van der Waals surface area contributed by atoms with Gasteiger partial charge in [0.05, 0.1) is 24.8 Å². The van der Waals surface area contributed by atoms with Crippen LogP contribution in [0.1, 0.15) is 11.5 Å². The normalized spacial score (nSPS) is 10.6. The molecule has 0 radical (unpaired) electrons. The van der Waals surface area contributed by atoms with Gasteiger partial charge in [-0.15, -0.1) is 0 Å². The summed E-state index contributed by atoms with van der Waals surface area (Å²) in [4.78, 5) is 4.20. The fourth-order valence-electron chi connectivity index (χ4n) is 1.29. The smallest absolute Gasteiger partial charge is 0.117 e. The quantitative estimate of drug-likeness (QED) is 0.792. The van der Waals surface area contributed by atoms with Gasteiger partial charge in [0, 0.05) is 19.8 Å². The molecular formula is C10H13N3O. The van der Waals surface area contributed by atoms with Crippen LogP contribution in [0.15, 0.2) is 35.3 Å². The standard InChI is InChI=1S/C10H13N3O/c1-13-7-9(12-8-13)5-11-6-10-3-2-4-14-10/h2-4,7-8,11H,5-6H2,1H3. The van der Waals surface area contributed by atoms with E-state index in [0.717, 1.165) is 24.5 Å². The molecule has 0 saturated heterocycles. The van der Waals surface area contributed by atoms with E-state index >= 15 is 0 Å². The van der Waals surface area contributed by atoms with Gasteiger partial charge in [0.2, 0.25) is 0 Å². The highest BCUT2D eigenvalue weighted by molar-refractivity contribution is 4.99. The lowest BCUT2D eigenvalue weighted by Crippen LogP contribution is -2.12. The minimum absolute atomic E-state index is 0.740. The van der Waals surface area contributed by atoms with Crippen molar-refractivity contribution >= 4 is 0 Å². The van der Waals surface area contributed by atoms with Crippen molar-refractivity contribution in [2.45, 2.75) is 13.1 Å². The fourth-order valence-corrected chi connectivity index (χ4v) is 1.29. The molecule has 0 amide bonds. The van der Waals surface area contributed by atoms with Gasteiger partial charge in [-0.2, -0.15) is 0 Å². The molecule has 0 spiro atoms. The van der Waals surface area contributed by atoms with Crippen molar-refractivity contribution < 1.29 is 4.42 Å². The van der Waals surface area contributed by atoms with Crippen LogP contribution in [0.2, 0.25) is 0 Å². The minimum Gasteiger partial charge on any atom is -0.468 e. The zero-order chi connectivity index (χ0) is 9.80. The molecule has 0 aliphatic rings. The molecule has 2 aromatic rings. The van der Waals surface area contributed by atoms with Gasteiger partial charge in [-0.1, -0.05) is 0 Å². The van der Waals surface area contributed by atoms with Crippen molar-refractivity contribution in [3.05, 3.63) is 42.4 Å². The first kappa shape index (κ1) is 9.02. The maximum atomic E-state index is 5.19. The molecule has 0 bridgehead atoms. The van der Waals surface area contributed by atoms with E-state index in [1.807, 2.05) is 29.9 Å². The molecule has 0 aromatic carbocycles. The van der Waals surface area contributed by atoms with Gasteiger partial charge in [0.15, 0.2) is 0 Å². The average Bonchev–Trinajstić information content (AvgIpc) is 2.77. The van der Waals surface area contributed by atoms with Crippen LogP contribution >= 0.6 is 0 Å². The Morgan fingerprint density at radius 1 is 1.50 bits per heavy atom. The first-order valence-electron chi connectivity index (χ1n) is 4.54. The fraction of sp³-hybridized carbons (Fsp3) is 0.300. The molecule has 0 atom stereocenters. The number of nitrogens with zero attached hydrogens (tertiary/aromatic N) is 2. The average molecular weight is 191 g/mol. The predicted molar refractivity (Wildman–Crippen MR) is 52.5 cm³/mol. The summed E-state index contributed by atoms with van der Waals surface area (Å²) in [6, 6.07) is 3.84. The van der Waals surface area contributed by atoms with Crippen LogP contribution in [-0.4, -0.2) is 9.55 Å². The lowest BCUT2D eigenvalue weighted by atomic mass is 10.4.